The number of hydrogen-bond acceptors (Lipinski definition) is 5. The van der Waals surface area contributed by atoms with Crippen LogP contribution in [0.15, 0.2) is 47.6 Å². The zero-order chi connectivity index (χ0) is 16.7. The average Bonchev–Trinajstić information content (AvgIpc) is 2.57. The van der Waals surface area contributed by atoms with E-state index in [0.29, 0.717) is 29.2 Å². The Morgan fingerprint density at radius 2 is 1.96 bits per heavy atom. The number of aromatic hydroxyl groups is 1. The first-order valence-electron chi connectivity index (χ1n) is 7.08. The summed E-state index contributed by atoms with van der Waals surface area (Å²) in [5.74, 6) is 0.393. The van der Waals surface area contributed by atoms with E-state index in [9.17, 15) is 9.90 Å². The number of carbonyl (C=O) groups excluding carboxylic acids is 1. The van der Waals surface area contributed by atoms with Crippen LogP contribution in [0.1, 0.15) is 22.8 Å². The zero-order valence-corrected chi connectivity index (χ0v) is 12.9. The van der Waals surface area contributed by atoms with Crippen LogP contribution >= 0.6 is 0 Å². The second-order valence-corrected chi connectivity index (χ2v) is 4.53. The molecule has 0 atom stereocenters. The van der Waals surface area contributed by atoms with Gasteiger partial charge in [-0.2, -0.15) is 5.10 Å². The number of benzene rings is 2. The Balaban J connectivity index is 2.10. The highest BCUT2D eigenvalue weighted by Gasteiger charge is 2.11. The maximum atomic E-state index is 12.1. The molecular weight excluding hydrogens is 296 g/mol. The van der Waals surface area contributed by atoms with Crippen LogP contribution < -0.4 is 14.9 Å². The molecule has 120 valence electrons. The molecular formula is C17H18N2O4. The smallest absolute Gasteiger partial charge is 0.275 e. The number of ether oxygens (including phenoxy) is 2. The molecule has 0 aliphatic carbocycles. The number of phenolic OH excluding ortho intramolecular Hbond substituents is 1. The molecule has 0 radical (unpaired) electrons. The van der Waals surface area contributed by atoms with Crippen LogP contribution in [-0.2, 0) is 0 Å². The van der Waals surface area contributed by atoms with Gasteiger partial charge in [0.25, 0.3) is 5.91 Å². The van der Waals surface area contributed by atoms with E-state index in [4.69, 9.17) is 9.47 Å². The maximum Gasteiger partial charge on any atom is 0.275 e. The van der Waals surface area contributed by atoms with E-state index in [-0.39, 0.29) is 5.75 Å². The molecule has 2 aromatic rings. The van der Waals surface area contributed by atoms with Gasteiger partial charge in [-0.15, -0.1) is 0 Å². The highest BCUT2D eigenvalue weighted by molar-refractivity contribution is 5.97. The van der Waals surface area contributed by atoms with Crippen molar-refractivity contribution in [3.63, 3.8) is 0 Å². The monoisotopic (exact) mass is 314 g/mol. The van der Waals surface area contributed by atoms with Crippen LogP contribution in [0, 0.1) is 0 Å². The Labute approximate surface area is 134 Å². The third-order valence-corrected chi connectivity index (χ3v) is 3.05. The van der Waals surface area contributed by atoms with Crippen LogP contribution in [0.25, 0.3) is 0 Å². The standard InChI is InChI=1S/C17H18N2O4/c1-3-23-14-9-5-4-8-13(14)17(21)19-18-11-12-7-6-10-15(22-2)16(12)20/h4-11,20H,3H2,1-2H3,(H,19,21)/b18-11+. The van der Waals surface area contributed by atoms with Crippen molar-refractivity contribution in [2.75, 3.05) is 13.7 Å². The van der Waals surface area contributed by atoms with Crippen molar-refractivity contribution >= 4 is 12.1 Å². The number of rotatable bonds is 6. The largest absolute Gasteiger partial charge is 0.504 e. The molecule has 0 unspecified atom stereocenters. The Kier molecular flexibility index (Phi) is 5.57. The van der Waals surface area contributed by atoms with Crippen molar-refractivity contribution < 1.29 is 19.4 Å². The second-order valence-electron chi connectivity index (χ2n) is 4.53. The maximum absolute atomic E-state index is 12.1. The van der Waals surface area contributed by atoms with Crippen molar-refractivity contribution in [1.29, 1.82) is 0 Å². The highest BCUT2D eigenvalue weighted by atomic mass is 16.5. The predicted octanol–water partition coefficient (Wildman–Crippen LogP) is 2.56. The summed E-state index contributed by atoms with van der Waals surface area (Å²) in [6.07, 6.45) is 1.35. The van der Waals surface area contributed by atoms with Crippen molar-refractivity contribution in [2.45, 2.75) is 6.92 Å². The number of nitrogens with zero attached hydrogens (tertiary/aromatic N) is 1. The minimum atomic E-state index is -0.396. The Hall–Kier alpha value is -3.02. The number of nitrogens with one attached hydrogen (secondary N) is 1. The van der Waals surface area contributed by atoms with E-state index in [1.807, 2.05) is 6.92 Å². The van der Waals surface area contributed by atoms with Crippen molar-refractivity contribution in [1.82, 2.24) is 5.43 Å². The van der Waals surface area contributed by atoms with Gasteiger partial charge in [0.1, 0.15) is 5.75 Å². The number of para-hydroxylation sites is 2. The summed E-state index contributed by atoms with van der Waals surface area (Å²) in [5, 5.41) is 13.8. The first kappa shape index (κ1) is 16.4. The average molecular weight is 314 g/mol. The minimum Gasteiger partial charge on any atom is -0.504 e. The first-order valence-corrected chi connectivity index (χ1v) is 7.08. The molecule has 0 aromatic heterocycles. The SMILES string of the molecule is CCOc1ccccc1C(=O)N/N=C/c1cccc(OC)c1O. The van der Waals surface area contributed by atoms with Crippen molar-refractivity contribution in [3.05, 3.63) is 53.6 Å². The normalized spacial score (nSPS) is 10.5. The van der Waals surface area contributed by atoms with E-state index >= 15 is 0 Å². The van der Waals surface area contributed by atoms with Gasteiger partial charge in [0.05, 0.1) is 25.5 Å². The third kappa shape index (κ3) is 4.00. The van der Waals surface area contributed by atoms with Gasteiger partial charge >= 0.3 is 0 Å². The van der Waals surface area contributed by atoms with Crippen LogP contribution in [0.4, 0.5) is 0 Å². The Bertz CT molecular complexity index is 713. The van der Waals surface area contributed by atoms with Crippen LogP contribution in [-0.4, -0.2) is 30.9 Å². The van der Waals surface area contributed by atoms with Gasteiger partial charge in [-0.05, 0) is 31.2 Å². The number of hydrogen-bond donors (Lipinski definition) is 2. The summed E-state index contributed by atoms with van der Waals surface area (Å²) in [4.78, 5) is 12.1. The minimum absolute atomic E-state index is 0.0392. The van der Waals surface area contributed by atoms with Gasteiger partial charge in [-0.3, -0.25) is 4.79 Å². The van der Waals surface area contributed by atoms with E-state index < -0.39 is 5.91 Å². The Morgan fingerprint density at radius 1 is 1.22 bits per heavy atom. The fourth-order valence-electron chi connectivity index (χ4n) is 1.96. The highest BCUT2D eigenvalue weighted by Crippen LogP contribution is 2.27. The lowest BCUT2D eigenvalue weighted by Gasteiger charge is -2.08. The molecule has 0 bridgehead atoms. The third-order valence-electron chi connectivity index (χ3n) is 3.05. The molecule has 0 aliphatic heterocycles. The molecule has 6 nitrogen and oxygen atoms in total. The lowest BCUT2D eigenvalue weighted by Crippen LogP contribution is -2.18. The van der Waals surface area contributed by atoms with Crippen LogP contribution in [0.2, 0.25) is 0 Å². The predicted molar refractivity (Wildman–Crippen MR) is 87.3 cm³/mol. The number of hydrazone groups is 1. The number of amides is 1. The van der Waals surface area contributed by atoms with Crippen LogP contribution in [0.5, 0.6) is 17.2 Å². The summed E-state index contributed by atoms with van der Waals surface area (Å²) >= 11 is 0. The summed E-state index contributed by atoms with van der Waals surface area (Å²) < 4.78 is 10.4. The van der Waals surface area contributed by atoms with Gasteiger partial charge in [0.15, 0.2) is 11.5 Å². The topological polar surface area (TPSA) is 80.2 Å². The lowest BCUT2D eigenvalue weighted by atomic mass is 10.2. The molecule has 23 heavy (non-hydrogen) atoms. The summed E-state index contributed by atoms with van der Waals surface area (Å²) in [6.45, 7) is 2.31. The molecule has 6 heteroatoms. The van der Waals surface area contributed by atoms with E-state index in [1.165, 1.54) is 13.3 Å². The molecule has 0 heterocycles. The summed E-state index contributed by atoms with van der Waals surface area (Å²) in [7, 11) is 1.46. The van der Waals surface area contributed by atoms with Crippen molar-refractivity contribution in [2.24, 2.45) is 5.10 Å². The molecule has 2 N–H and O–H groups in total. The number of carbonyl (C=O) groups is 1. The summed E-state index contributed by atoms with van der Waals surface area (Å²) in [6, 6.07) is 11.9. The molecule has 1 amide bonds. The van der Waals surface area contributed by atoms with Crippen LogP contribution in [0.3, 0.4) is 0 Å². The lowest BCUT2D eigenvalue weighted by molar-refractivity contribution is 0.0951. The van der Waals surface area contributed by atoms with E-state index in [1.54, 1.807) is 42.5 Å². The Morgan fingerprint density at radius 3 is 2.70 bits per heavy atom. The van der Waals surface area contributed by atoms with Gasteiger partial charge in [0.2, 0.25) is 0 Å². The molecule has 2 aromatic carbocycles. The number of methoxy groups -OCH3 is 1. The van der Waals surface area contributed by atoms with Gasteiger partial charge in [-0.25, -0.2) is 5.43 Å². The molecule has 2 rings (SSSR count). The number of phenols is 1. The molecule has 0 fully saturated rings. The van der Waals surface area contributed by atoms with E-state index in [2.05, 4.69) is 10.5 Å². The van der Waals surface area contributed by atoms with Gasteiger partial charge in [0, 0.05) is 5.56 Å². The fraction of sp³-hybridized carbons (Fsp3) is 0.176. The van der Waals surface area contributed by atoms with Gasteiger partial charge < -0.3 is 14.6 Å². The quantitative estimate of drug-likeness (QED) is 0.634. The molecule has 0 spiro atoms. The van der Waals surface area contributed by atoms with Crippen molar-refractivity contribution in [3.8, 4) is 17.2 Å². The summed E-state index contributed by atoms with van der Waals surface area (Å²) in [5.41, 5.74) is 3.23. The fourth-order valence-corrected chi connectivity index (χ4v) is 1.96. The molecule has 0 aliphatic rings. The first-order chi connectivity index (χ1) is 11.2. The van der Waals surface area contributed by atoms with Gasteiger partial charge in [-0.1, -0.05) is 18.2 Å². The zero-order valence-electron chi connectivity index (χ0n) is 12.9. The second kappa shape index (κ2) is 7.84. The molecule has 0 saturated carbocycles. The molecule has 0 saturated heterocycles. The van der Waals surface area contributed by atoms with E-state index in [0.717, 1.165) is 0 Å².